The van der Waals surface area contributed by atoms with Crippen molar-refractivity contribution in [3.63, 3.8) is 0 Å². The van der Waals surface area contributed by atoms with Gasteiger partial charge in [0.15, 0.2) is 0 Å². The molecule has 0 atom stereocenters. The van der Waals surface area contributed by atoms with E-state index in [9.17, 15) is 0 Å². The molecule has 0 aliphatic carbocycles. The molecular formula is C9H9BrCl2S. The van der Waals surface area contributed by atoms with Crippen LogP contribution in [0.2, 0.25) is 10.0 Å². The minimum Gasteiger partial charge on any atom is -0.123 e. The van der Waals surface area contributed by atoms with E-state index in [1.165, 1.54) is 0 Å². The molecule has 0 bridgehead atoms. The van der Waals surface area contributed by atoms with Gasteiger partial charge in [0.25, 0.3) is 0 Å². The molecule has 1 aromatic carbocycles. The highest BCUT2D eigenvalue weighted by Crippen LogP contribution is 2.38. The lowest BCUT2D eigenvalue weighted by molar-refractivity contribution is 1.10. The molecule has 4 heteroatoms. The number of hydrogen-bond donors (Lipinski definition) is 0. The highest BCUT2D eigenvalue weighted by molar-refractivity contribution is 9.10. The van der Waals surface area contributed by atoms with Gasteiger partial charge < -0.3 is 0 Å². The van der Waals surface area contributed by atoms with E-state index in [0.717, 1.165) is 26.6 Å². The number of rotatable bonds is 3. The van der Waals surface area contributed by atoms with Gasteiger partial charge in [-0.15, -0.1) is 11.8 Å². The van der Waals surface area contributed by atoms with E-state index in [2.05, 4.69) is 22.9 Å². The van der Waals surface area contributed by atoms with Gasteiger partial charge in [-0.3, -0.25) is 0 Å². The maximum atomic E-state index is 6.08. The summed E-state index contributed by atoms with van der Waals surface area (Å²) in [5, 5.41) is 1.44. The van der Waals surface area contributed by atoms with Crippen molar-refractivity contribution in [3.8, 4) is 0 Å². The van der Waals surface area contributed by atoms with E-state index in [1.54, 1.807) is 11.8 Å². The molecule has 1 rings (SSSR count). The van der Waals surface area contributed by atoms with Crippen LogP contribution in [0.3, 0.4) is 0 Å². The predicted octanol–water partition coefficient (Wildman–Crippen LogP) is 5.26. The Bertz CT molecular complexity index is 302. The fraction of sp³-hybridized carbons (Fsp3) is 0.333. The third-order valence-corrected chi connectivity index (χ3v) is 4.60. The Hall–Kier alpha value is 0.630. The van der Waals surface area contributed by atoms with Crippen molar-refractivity contribution in [3.05, 3.63) is 26.7 Å². The molecule has 72 valence electrons. The Morgan fingerprint density at radius 3 is 2.69 bits per heavy atom. The van der Waals surface area contributed by atoms with Gasteiger partial charge in [-0.25, -0.2) is 0 Å². The molecule has 0 radical (unpaired) electrons. The second kappa shape index (κ2) is 5.50. The van der Waals surface area contributed by atoms with Crippen LogP contribution in [0.25, 0.3) is 0 Å². The van der Waals surface area contributed by atoms with Crippen molar-refractivity contribution < 1.29 is 0 Å². The van der Waals surface area contributed by atoms with E-state index in [0.29, 0.717) is 5.02 Å². The van der Waals surface area contributed by atoms with Crippen LogP contribution in [0.1, 0.15) is 13.3 Å². The molecular weight excluding hydrogens is 291 g/mol. The smallest absolute Gasteiger partial charge is 0.0698 e. The topological polar surface area (TPSA) is 0 Å². The van der Waals surface area contributed by atoms with Crippen molar-refractivity contribution in [2.24, 2.45) is 0 Å². The molecule has 0 heterocycles. The number of benzene rings is 1. The first-order chi connectivity index (χ1) is 6.16. The predicted molar refractivity (Wildman–Crippen MR) is 65.2 cm³/mol. The molecule has 0 aromatic heterocycles. The molecule has 0 N–H and O–H groups in total. The zero-order valence-corrected chi connectivity index (χ0v) is 11.0. The minimum absolute atomic E-state index is 0.714. The fourth-order valence-electron chi connectivity index (χ4n) is 0.845. The molecule has 0 amide bonds. The van der Waals surface area contributed by atoms with Crippen LogP contribution in [-0.2, 0) is 0 Å². The summed E-state index contributed by atoms with van der Waals surface area (Å²) in [6.45, 7) is 2.13. The Labute approximate surface area is 101 Å². The zero-order valence-electron chi connectivity index (χ0n) is 7.11. The fourth-order valence-corrected chi connectivity index (χ4v) is 2.86. The number of hydrogen-bond acceptors (Lipinski definition) is 1. The van der Waals surface area contributed by atoms with E-state index >= 15 is 0 Å². The maximum Gasteiger partial charge on any atom is 0.0698 e. The Balaban J connectivity index is 2.96. The Kier molecular flexibility index (Phi) is 4.95. The van der Waals surface area contributed by atoms with Crippen LogP contribution >= 0.6 is 50.9 Å². The van der Waals surface area contributed by atoms with E-state index in [4.69, 9.17) is 23.2 Å². The molecule has 0 aliphatic heterocycles. The summed E-state index contributed by atoms with van der Waals surface area (Å²) in [6, 6.07) is 3.72. The molecule has 0 nitrogen and oxygen atoms in total. The standard InChI is InChI=1S/C9H9BrCl2S/c1-2-5-13-9-7(11)4-3-6(10)8(9)12/h3-4H,2,5H2,1H3. The van der Waals surface area contributed by atoms with Crippen LogP contribution in [-0.4, -0.2) is 5.75 Å². The van der Waals surface area contributed by atoms with Crippen LogP contribution in [0, 0.1) is 0 Å². The van der Waals surface area contributed by atoms with E-state index < -0.39 is 0 Å². The largest absolute Gasteiger partial charge is 0.123 e. The van der Waals surface area contributed by atoms with Gasteiger partial charge in [0.1, 0.15) is 0 Å². The quantitative estimate of drug-likeness (QED) is 0.542. The van der Waals surface area contributed by atoms with Crippen molar-refractivity contribution in [1.82, 2.24) is 0 Å². The first-order valence-corrected chi connectivity index (χ1v) is 6.46. The van der Waals surface area contributed by atoms with Crippen molar-refractivity contribution in [1.29, 1.82) is 0 Å². The average molecular weight is 300 g/mol. The van der Waals surface area contributed by atoms with Gasteiger partial charge in [0.05, 0.1) is 10.0 Å². The number of thioether (sulfide) groups is 1. The van der Waals surface area contributed by atoms with Crippen molar-refractivity contribution >= 4 is 50.9 Å². The molecule has 0 saturated carbocycles. The summed E-state index contributed by atoms with van der Waals surface area (Å²) in [4.78, 5) is 0.972. The number of halogens is 3. The summed E-state index contributed by atoms with van der Waals surface area (Å²) >= 11 is 17.2. The van der Waals surface area contributed by atoms with Gasteiger partial charge in [-0.05, 0) is 40.2 Å². The highest BCUT2D eigenvalue weighted by Gasteiger charge is 2.08. The van der Waals surface area contributed by atoms with Crippen LogP contribution in [0.15, 0.2) is 21.5 Å². The normalized spacial score (nSPS) is 10.5. The van der Waals surface area contributed by atoms with Gasteiger partial charge in [-0.1, -0.05) is 30.1 Å². The molecule has 0 saturated heterocycles. The lowest BCUT2D eigenvalue weighted by Gasteiger charge is -2.06. The van der Waals surface area contributed by atoms with Crippen molar-refractivity contribution in [2.45, 2.75) is 18.2 Å². The zero-order chi connectivity index (χ0) is 9.84. The summed E-state index contributed by atoms with van der Waals surface area (Å²) in [5.74, 6) is 1.04. The lowest BCUT2D eigenvalue weighted by Crippen LogP contribution is -1.81. The third kappa shape index (κ3) is 3.05. The maximum absolute atomic E-state index is 6.08. The van der Waals surface area contributed by atoms with E-state index in [1.807, 2.05) is 12.1 Å². The molecule has 0 unspecified atom stereocenters. The molecule has 13 heavy (non-hydrogen) atoms. The first-order valence-electron chi connectivity index (χ1n) is 3.93. The third-order valence-electron chi connectivity index (χ3n) is 1.45. The van der Waals surface area contributed by atoms with Gasteiger partial charge in [-0.2, -0.15) is 0 Å². The summed E-state index contributed by atoms with van der Waals surface area (Å²) in [7, 11) is 0. The minimum atomic E-state index is 0.714. The Morgan fingerprint density at radius 2 is 2.08 bits per heavy atom. The Morgan fingerprint density at radius 1 is 1.38 bits per heavy atom. The second-order valence-electron chi connectivity index (χ2n) is 2.52. The SMILES string of the molecule is CCCSc1c(Cl)ccc(Br)c1Cl. The summed E-state index contributed by atoms with van der Waals surface area (Å²) < 4.78 is 0.900. The second-order valence-corrected chi connectivity index (χ2v) is 5.27. The van der Waals surface area contributed by atoms with Crippen LogP contribution in [0.4, 0.5) is 0 Å². The molecule has 0 aliphatic rings. The first kappa shape index (κ1) is 11.7. The lowest BCUT2D eigenvalue weighted by atomic mass is 10.4. The van der Waals surface area contributed by atoms with Crippen molar-refractivity contribution in [2.75, 3.05) is 5.75 Å². The van der Waals surface area contributed by atoms with Gasteiger partial charge in [0.2, 0.25) is 0 Å². The summed E-state index contributed by atoms with van der Waals surface area (Å²) in [6.07, 6.45) is 1.11. The van der Waals surface area contributed by atoms with Crippen LogP contribution < -0.4 is 0 Å². The summed E-state index contributed by atoms with van der Waals surface area (Å²) in [5.41, 5.74) is 0. The molecule has 0 fully saturated rings. The highest BCUT2D eigenvalue weighted by atomic mass is 79.9. The average Bonchev–Trinajstić information content (AvgIpc) is 2.12. The van der Waals surface area contributed by atoms with Crippen LogP contribution in [0.5, 0.6) is 0 Å². The van der Waals surface area contributed by atoms with E-state index in [-0.39, 0.29) is 0 Å². The van der Waals surface area contributed by atoms with Gasteiger partial charge in [0, 0.05) is 9.37 Å². The monoisotopic (exact) mass is 298 g/mol. The molecule has 0 spiro atoms. The molecule has 1 aromatic rings. The van der Waals surface area contributed by atoms with Gasteiger partial charge >= 0.3 is 0 Å².